The number of aryl methyl sites for hydroxylation is 1. The second-order valence-corrected chi connectivity index (χ2v) is 9.86. The summed E-state index contributed by atoms with van der Waals surface area (Å²) in [4.78, 5) is 21.8. The highest BCUT2D eigenvalue weighted by Crippen LogP contribution is 2.30. The van der Waals surface area contributed by atoms with Crippen LogP contribution in [0.25, 0.3) is 11.1 Å². The summed E-state index contributed by atoms with van der Waals surface area (Å²) >= 11 is 0. The molecule has 8 heteroatoms. The molecule has 1 aromatic heterocycles. The quantitative estimate of drug-likeness (QED) is 0.638. The zero-order valence-corrected chi connectivity index (χ0v) is 18.6. The minimum Gasteiger partial charge on any atom is -0.392 e. The Balaban J connectivity index is 1.91. The lowest BCUT2D eigenvalue weighted by Crippen LogP contribution is -2.16. The number of allylic oxidation sites excluding steroid dienone is 1. The van der Waals surface area contributed by atoms with E-state index in [1.54, 1.807) is 25.1 Å². The van der Waals surface area contributed by atoms with Crippen molar-refractivity contribution in [2.75, 3.05) is 18.2 Å². The highest BCUT2D eigenvalue weighted by molar-refractivity contribution is 7.90. The minimum atomic E-state index is -3.34. The number of aromatic nitrogens is 2. The fourth-order valence-corrected chi connectivity index (χ4v) is 4.69. The van der Waals surface area contributed by atoms with E-state index in [0.717, 1.165) is 25.7 Å². The topological polar surface area (TPSA) is 109 Å². The molecule has 1 fully saturated rings. The first-order chi connectivity index (χ1) is 14.7. The Morgan fingerprint density at radius 3 is 2.52 bits per heavy atom. The molecule has 2 aromatic rings. The molecule has 31 heavy (non-hydrogen) atoms. The lowest BCUT2D eigenvalue weighted by molar-refractivity contribution is -0.111. The molecule has 164 valence electrons. The van der Waals surface area contributed by atoms with E-state index >= 15 is 0 Å². The first-order valence-corrected chi connectivity index (χ1v) is 12.0. The third-order valence-electron chi connectivity index (χ3n) is 5.38. The number of anilines is 1. The number of nitrogens with zero attached hydrogens (tertiary/aromatic N) is 2. The van der Waals surface area contributed by atoms with Gasteiger partial charge >= 0.3 is 0 Å². The van der Waals surface area contributed by atoms with Crippen LogP contribution in [0.5, 0.6) is 0 Å². The predicted octanol–water partition coefficient (Wildman–Crippen LogP) is 3.41. The van der Waals surface area contributed by atoms with Gasteiger partial charge in [0.05, 0.1) is 29.6 Å². The zero-order valence-electron chi connectivity index (χ0n) is 17.8. The van der Waals surface area contributed by atoms with Crippen LogP contribution in [0.3, 0.4) is 0 Å². The maximum Gasteiger partial charge on any atom is 0.257 e. The largest absolute Gasteiger partial charge is 0.392 e. The van der Waals surface area contributed by atoms with Gasteiger partial charge in [0.15, 0.2) is 15.7 Å². The molecule has 1 heterocycles. The highest BCUT2D eigenvalue weighted by atomic mass is 32.2. The van der Waals surface area contributed by atoms with E-state index in [9.17, 15) is 13.2 Å². The summed E-state index contributed by atoms with van der Waals surface area (Å²) in [6.45, 7) is 5.20. The molecule has 0 spiro atoms. The Kier molecular flexibility index (Phi) is 7.02. The smallest absolute Gasteiger partial charge is 0.257 e. The third-order valence-corrected chi connectivity index (χ3v) is 6.64. The molecule has 0 saturated heterocycles. The average Bonchev–Trinajstić information content (AvgIpc) is 3.24. The van der Waals surface area contributed by atoms with Crippen molar-refractivity contribution in [1.29, 1.82) is 0 Å². The SMILES string of the molecule is C=C(CO)c1cnc(NC(=O)/C(=C/C2CCCC2)c2ccc(S(C)(=O)=O)c(C)c2)cn1. The summed E-state index contributed by atoms with van der Waals surface area (Å²) in [6, 6.07) is 4.95. The Morgan fingerprint density at radius 2 is 1.97 bits per heavy atom. The number of carbonyl (C=O) groups is 1. The number of benzene rings is 1. The molecular weight excluding hydrogens is 414 g/mol. The average molecular weight is 442 g/mol. The van der Waals surface area contributed by atoms with E-state index in [1.807, 2.05) is 6.08 Å². The Morgan fingerprint density at radius 1 is 1.26 bits per heavy atom. The molecule has 0 bridgehead atoms. The molecule has 1 amide bonds. The maximum atomic E-state index is 13.1. The van der Waals surface area contributed by atoms with E-state index in [0.29, 0.717) is 33.9 Å². The zero-order chi connectivity index (χ0) is 22.6. The normalized spacial score (nSPS) is 15.1. The lowest BCUT2D eigenvalue weighted by Gasteiger charge is -2.14. The molecule has 0 aliphatic heterocycles. The number of carbonyl (C=O) groups excluding carboxylic acids is 1. The summed E-state index contributed by atoms with van der Waals surface area (Å²) in [6.07, 6.45) is 10.3. The van der Waals surface area contributed by atoms with Crippen molar-refractivity contribution in [2.45, 2.75) is 37.5 Å². The predicted molar refractivity (Wildman–Crippen MR) is 121 cm³/mol. The number of amides is 1. The van der Waals surface area contributed by atoms with Gasteiger partial charge in [-0.25, -0.2) is 13.4 Å². The Hall–Kier alpha value is -2.84. The molecule has 1 saturated carbocycles. The number of aliphatic hydroxyl groups is 1. The standard InChI is InChI=1S/C23H27N3O4S/c1-15-10-18(8-9-21(15)31(3,29)30)19(11-17-6-4-5-7-17)23(28)26-22-13-24-20(12-25-22)16(2)14-27/h8-13,17,27H,2,4-7,14H2,1,3H3,(H,25,26,28)/b19-11+. The summed E-state index contributed by atoms with van der Waals surface area (Å²) in [7, 11) is -3.34. The van der Waals surface area contributed by atoms with E-state index in [-0.39, 0.29) is 23.2 Å². The summed E-state index contributed by atoms with van der Waals surface area (Å²) < 4.78 is 23.9. The fourth-order valence-electron chi connectivity index (χ4n) is 3.74. The number of aliphatic hydroxyl groups excluding tert-OH is 1. The molecule has 0 radical (unpaired) electrons. The van der Waals surface area contributed by atoms with Gasteiger partial charge in [-0.05, 0) is 54.5 Å². The highest BCUT2D eigenvalue weighted by Gasteiger charge is 2.20. The van der Waals surface area contributed by atoms with Gasteiger partial charge in [-0.2, -0.15) is 0 Å². The van der Waals surface area contributed by atoms with Crippen LogP contribution in [0.2, 0.25) is 0 Å². The van der Waals surface area contributed by atoms with Crippen LogP contribution in [0.4, 0.5) is 5.82 Å². The van der Waals surface area contributed by atoms with Gasteiger partial charge in [-0.15, -0.1) is 0 Å². The number of sulfone groups is 1. The first kappa shape index (κ1) is 22.8. The second-order valence-electron chi connectivity index (χ2n) is 7.88. The molecule has 2 N–H and O–H groups in total. The number of hydrogen-bond donors (Lipinski definition) is 2. The third kappa shape index (κ3) is 5.65. The van der Waals surface area contributed by atoms with Crippen LogP contribution in [-0.2, 0) is 14.6 Å². The molecule has 1 aliphatic rings. The van der Waals surface area contributed by atoms with Gasteiger partial charge in [-0.1, -0.05) is 31.6 Å². The van der Waals surface area contributed by atoms with E-state index < -0.39 is 9.84 Å². The number of hydrogen-bond acceptors (Lipinski definition) is 6. The van der Waals surface area contributed by atoms with Crippen molar-refractivity contribution in [3.63, 3.8) is 0 Å². The van der Waals surface area contributed by atoms with Crippen LogP contribution in [0.1, 0.15) is 42.5 Å². The van der Waals surface area contributed by atoms with Crippen molar-refractivity contribution in [3.05, 3.63) is 60.1 Å². The van der Waals surface area contributed by atoms with Gasteiger partial charge in [0, 0.05) is 11.8 Å². The van der Waals surface area contributed by atoms with Crippen molar-refractivity contribution in [1.82, 2.24) is 9.97 Å². The maximum absolute atomic E-state index is 13.1. The van der Waals surface area contributed by atoms with Crippen molar-refractivity contribution in [3.8, 4) is 0 Å². The van der Waals surface area contributed by atoms with E-state index in [4.69, 9.17) is 5.11 Å². The summed E-state index contributed by atoms with van der Waals surface area (Å²) in [5.41, 5.74) is 2.63. The van der Waals surface area contributed by atoms with Gasteiger partial charge < -0.3 is 10.4 Å². The first-order valence-electron chi connectivity index (χ1n) is 10.1. The van der Waals surface area contributed by atoms with Crippen molar-refractivity contribution in [2.24, 2.45) is 5.92 Å². The molecule has 1 aromatic carbocycles. The van der Waals surface area contributed by atoms with Gasteiger partial charge in [0.25, 0.3) is 5.91 Å². The van der Waals surface area contributed by atoms with Crippen LogP contribution in [-0.4, -0.2) is 42.3 Å². The second kappa shape index (κ2) is 9.53. The van der Waals surface area contributed by atoms with Crippen LogP contribution >= 0.6 is 0 Å². The Bertz CT molecular complexity index is 1120. The van der Waals surface area contributed by atoms with Crippen molar-refractivity contribution >= 4 is 32.7 Å². The number of nitrogens with one attached hydrogen (secondary N) is 1. The van der Waals surface area contributed by atoms with E-state index in [2.05, 4.69) is 21.9 Å². The van der Waals surface area contributed by atoms with Crippen LogP contribution in [0, 0.1) is 12.8 Å². The monoisotopic (exact) mass is 441 g/mol. The van der Waals surface area contributed by atoms with Gasteiger partial charge in [0.1, 0.15) is 0 Å². The number of rotatable bonds is 7. The van der Waals surface area contributed by atoms with E-state index in [1.165, 1.54) is 18.6 Å². The van der Waals surface area contributed by atoms with Crippen LogP contribution < -0.4 is 5.32 Å². The molecular formula is C23H27N3O4S. The summed E-state index contributed by atoms with van der Waals surface area (Å²) in [5, 5.41) is 11.9. The van der Waals surface area contributed by atoms with Gasteiger partial charge in [-0.3, -0.25) is 9.78 Å². The lowest BCUT2D eigenvalue weighted by atomic mass is 9.97. The molecule has 0 atom stereocenters. The Labute approximate surface area is 182 Å². The summed E-state index contributed by atoms with van der Waals surface area (Å²) in [5.74, 6) is 0.250. The minimum absolute atomic E-state index is 0.225. The molecule has 0 unspecified atom stereocenters. The molecule has 7 nitrogen and oxygen atoms in total. The van der Waals surface area contributed by atoms with Gasteiger partial charge in [0.2, 0.25) is 0 Å². The van der Waals surface area contributed by atoms with Crippen LogP contribution in [0.15, 0.2) is 48.1 Å². The van der Waals surface area contributed by atoms with Crippen molar-refractivity contribution < 1.29 is 18.3 Å². The fraction of sp³-hybridized carbons (Fsp3) is 0.348. The molecule has 1 aliphatic carbocycles. The molecule has 3 rings (SSSR count).